The summed E-state index contributed by atoms with van der Waals surface area (Å²) in [5.74, 6) is -0.804. The summed E-state index contributed by atoms with van der Waals surface area (Å²) in [6, 6.07) is 3.64. The van der Waals surface area contributed by atoms with Gasteiger partial charge in [0, 0.05) is 6.07 Å². The maximum Gasteiger partial charge on any atom is 0.129 e. The molecule has 0 aromatic heterocycles. The average Bonchev–Trinajstić information content (AvgIpc) is 2.09. The molecule has 3 heteroatoms. The number of hydrogen-bond donors (Lipinski definition) is 1. The number of benzene rings is 1. The van der Waals surface area contributed by atoms with E-state index in [1.807, 2.05) is 6.92 Å². The highest BCUT2D eigenvalue weighted by atomic mass is 19.1. The first kappa shape index (κ1) is 10.1. The second kappa shape index (κ2) is 4.33. The van der Waals surface area contributed by atoms with Gasteiger partial charge >= 0.3 is 0 Å². The van der Waals surface area contributed by atoms with Crippen LogP contribution in [-0.4, -0.2) is 6.54 Å². The van der Waals surface area contributed by atoms with Crippen LogP contribution in [0.5, 0.6) is 0 Å². The molecule has 1 nitrogen and oxygen atoms in total. The monoisotopic (exact) mass is 185 g/mol. The molecule has 72 valence electrons. The molecule has 0 unspecified atom stereocenters. The lowest BCUT2D eigenvalue weighted by molar-refractivity contribution is 0.538. The van der Waals surface area contributed by atoms with Gasteiger partial charge in [-0.25, -0.2) is 8.78 Å². The highest BCUT2D eigenvalue weighted by molar-refractivity contribution is 5.18. The van der Waals surface area contributed by atoms with E-state index >= 15 is 0 Å². The van der Waals surface area contributed by atoms with Crippen LogP contribution in [0, 0.1) is 17.6 Å². The van der Waals surface area contributed by atoms with E-state index in [0.717, 1.165) is 6.07 Å². The smallest absolute Gasteiger partial charge is 0.129 e. The van der Waals surface area contributed by atoms with Gasteiger partial charge in [0.2, 0.25) is 0 Å². The van der Waals surface area contributed by atoms with E-state index in [0.29, 0.717) is 18.5 Å². The van der Waals surface area contributed by atoms with Gasteiger partial charge in [0.15, 0.2) is 0 Å². The van der Waals surface area contributed by atoms with Crippen molar-refractivity contribution < 1.29 is 8.78 Å². The van der Waals surface area contributed by atoms with Gasteiger partial charge < -0.3 is 5.73 Å². The lowest BCUT2D eigenvalue weighted by Crippen LogP contribution is -2.13. The molecule has 1 rings (SSSR count). The average molecular weight is 185 g/mol. The van der Waals surface area contributed by atoms with E-state index in [2.05, 4.69) is 0 Å². The molecule has 0 fully saturated rings. The van der Waals surface area contributed by atoms with Crippen molar-refractivity contribution in [2.24, 2.45) is 11.7 Å². The standard InChI is InChI=1S/C10H13F2N/c1-7(6-13)4-8-2-3-9(11)5-10(8)12/h2-3,5,7H,4,6,13H2,1H3/t7-/m1/s1. The zero-order chi connectivity index (χ0) is 9.84. The summed E-state index contributed by atoms with van der Waals surface area (Å²) in [4.78, 5) is 0. The Hall–Kier alpha value is -0.960. The van der Waals surface area contributed by atoms with E-state index in [1.165, 1.54) is 12.1 Å². The topological polar surface area (TPSA) is 26.0 Å². The summed E-state index contributed by atoms with van der Waals surface area (Å²) in [5.41, 5.74) is 5.93. The minimum Gasteiger partial charge on any atom is -0.330 e. The molecule has 0 aliphatic heterocycles. The van der Waals surface area contributed by atoms with Gasteiger partial charge in [0.05, 0.1) is 0 Å². The lowest BCUT2D eigenvalue weighted by atomic mass is 10.0. The fraction of sp³-hybridized carbons (Fsp3) is 0.400. The molecule has 13 heavy (non-hydrogen) atoms. The first-order valence-electron chi connectivity index (χ1n) is 4.27. The van der Waals surface area contributed by atoms with E-state index in [-0.39, 0.29) is 5.92 Å². The molecule has 1 atom stereocenters. The van der Waals surface area contributed by atoms with E-state index in [1.54, 1.807) is 0 Å². The molecule has 2 N–H and O–H groups in total. The normalized spacial score (nSPS) is 12.9. The Kier molecular flexibility index (Phi) is 3.37. The molecule has 0 aliphatic carbocycles. The van der Waals surface area contributed by atoms with Crippen LogP contribution in [0.25, 0.3) is 0 Å². The number of nitrogens with two attached hydrogens (primary N) is 1. The summed E-state index contributed by atoms with van der Waals surface area (Å²) in [7, 11) is 0. The Bertz CT molecular complexity index is 286. The fourth-order valence-electron chi connectivity index (χ4n) is 1.15. The van der Waals surface area contributed by atoms with E-state index < -0.39 is 11.6 Å². The van der Waals surface area contributed by atoms with Crippen LogP contribution in [0.3, 0.4) is 0 Å². The predicted octanol–water partition coefficient (Wildman–Crippen LogP) is 2.10. The van der Waals surface area contributed by atoms with Gasteiger partial charge in [-0.3, -0.25) is 0 Å². The highest BCUT2D eigenvalue weighted by Crippen LogP contribution is 2.13. The molecular weight excluding hydrogens is 172 g/mol. The molecular formula is C10H13F2N. The summed E-state index contributed by atoms with van der Waals surface area (Å²) < 4.78 is 25.6. The molecule has 0 radical (unpaired) electrons. The minimum absolute atomic E-state index is 0.222. The molecule has 0 spiro atoms. The lowest BCUT2D eigenvalue weighted by Gasteiger charge is -2.08. The Morgan fingerprint density at radius 1 is 1.38 bits per heavy atom. The third-order valence-corrected chi connectivity index (χ3v) is 1.99. The van der Waals surface area contributed by atoms with Gasteiger partial charge in [-0.05, 0) is 30.5 Å². The molecule has 0 aliphatic rings. The van der Waals surface area contributed by atoms with Gasteiger partial charge in [0.25, 0.3) is 0 Å². The summed E-state index contributed by atoms with van der Waals surface area (Å²) in [6.45, 7) is 2.44. The van der Waals surface area contributed by atoms with Gasteiger partial charge in [-0.2, -0.15) is 0 Å². The molecule has 0 amide bonds. The van der Waals surface area contributed by atoms with Crippen LogP contribution in [0.1, 0.15) is 12.5 Å². The maximum atomic E-state index is 13.1. The van der Waals surface area contributed by atoms with Crippen LogP contribution in [0.2, 0.25) is 0 Å². The SMILES string of the molecule is C[C@@H](CN)Cc1ccc(F)cc1F. The van der Waals surface area contributed by atoms with Crippen molar-refractivity contribution >= 4 is 0 Å². The van der Waals surface area contributed by atoms with E-state index in [9.17, 15) is 8.78 Å². The van der Waals surface area contributed by atoms with Crippen molar-refractivity contribution in [2.75, 3.05) is 6.54 Å². The molecule has 0 bridgehead atoms. The van der Waals surface area contributed by atoms with Crippen LogP contribution >= 0.6 is 0 Å². The Morgan fingerprint density at radius 2 is 2.08 bits per heavy atom. The predicted molar refractivity (Wildman–Crippen MR) is 48.3 cm³/mol. The minimum atomic E-state index is -0.540. The van der Waals surface area contributed by atoms with Gasteiger partial charge in [-0.1, -0.05) is 13.0 Å². The van der Waals surface area contributed by atoms with Crippen molar-refractivity contribution in [1.82, 2.24) is 0 Å². The largest absolute Gasteiger partial charge is 0.330 e. The second-order valence-electron chi connectivity index (χ2n) is 3.28. The Labute approximate surface area is 76.6 Å². The molecule has 0 heterocycles. The van der Waals surface area contributed by atoms with Crippen molar-refractivity contribution in [1.29, 1.82) is 0 Å². The first-order valence-corrected chi connectivity index (χ1v) is 4.27. The Morgan fingerprint density at radius 3 is 2.62 bits per heavy atom. The van der Waals surface area contributed by atoms with Gasteiger partial charge in [0.1, 0.15) is 11.6 Å². The maximum absolute atomic E-state index is 13.1. The Balaban J connectivity index is 2.77. The van der Waals surface area contributed by atoms with Crippen LogP contribution in [-0.2, 0) is 6.42 Å². The van der Waals surface area contributed by atoms with Crippen molar-refractivity contribution in [3.8, 4) is 0 Å². The zero-order valence-corrected chi connectivity index (χ0v) is 7.56. The van der Waals surface area contributed by atoms with Crippen molar-refractivity contribution in [3.05, 3.63) is 35.4 Å². The van der Waals surface area contributed by atoms with Crippen molar-refractivity contribution in [3.63, 3.8) is 0 Å². The summed E-state index contributed by atoms with van der Waals surface area (Å²) in [5, 5.41) is 0. The number of rotatable bonds is 3. The summed E-state index contributed by atoms with van der Waals surface area (Å²) >= 11 is 0. The van der Waals surface area contributed by atoms with E-state index in [4.69, 9.17) is 5.73 Å². The van der Waals surface area contributed by atoms with Crippen LogP contribution < -0.4 is 5.73 Å². The highest BCUT2D eigenvalue weighted by Gasteiger charge is 2.07. The first-order chi connectivity index (χ1) is 6.13. The van der Waals surface area contributed by atoms with Crippen LogP contribution in [0.15, 0.2) is 18.2 Å². The molecule has 1 aromatic rings. The number of hydrogen-bond acceptors (Lipinski definition) is 1. The van der Waals surface area contributed by atoms with Crippen LogP contribution in [0.4, 0.5) is 8.78 Å². The van der Waals surface area contributed by atoms with Crippen molar-refractivity contribution in [2.45, 2.75) is 13.3 Å². The summed E-state index contributed by atoms with van der Waals surface area (Å²) in [6.07, 6.45) is 0.558. The molecule has 1 aromatic carbocycles. The number of halogens is 2. The fourth-order valence-corrected chi connectivity index (χ4v) is 1.15. The second-order valence-corrected chi connectivity index (χ2v) is 3.28. The van der Waals surface area contributed by atoms with Gasteiger partial charge in [-0.15, -0.1) is 0 Å². The third-order valence-electron chi connectivity index (χ3n) is 1.99. The third kappa shape index (κ3) is 2.77. The zero-order valence-electron chi connectivity index (χ0n) is 7.56. The quantitative estimate of drug-likeness (QED) is 0.766. The molecule has 0 saturated carbocycles. The molecule has 0 saturated heterocycles.